The summed E-state index contributed by atoms with van der Waals surface area (Å²) in [6.45, 7) is 5.15. The van der Waals surface area contributed by atoms with E-state index in [2.05, 4.69) is 20.5 Å². The number of likely N-dealkylation sites (tertiary alicyclic amines) is 1. The van der Waals surface area contributed by atoms with E-state index in [1.807, 2.05) is 22.8 Å². The summed E-state index contributed by atoms with van der Waals surface area (Å²) in [4.78, 5) is 33.1. The zero-order valence-electron chi connectivity index (χ0n) is 14.3. The average Bonchev–Trinajstić information content (AvgIpc) is 3.02. The highest BCUT2D eigenvalue weighted by Crippen LogP contribution is 2.21. The van der Waals surface area contributed by atoms with Gasteiger partial charge in [-0.15, -0.1) is 0 Å². The highest BCUT2D eigenvalue weighted by molar-refractivity contribution is 5.97. The molecule has 4 rings (SSSR count). The van der Waals surface area contributed by atoms with Gasteiger partial charge in [-0.05, 0) is 25.8 Å². The Morgan fingerprint density at radius 1 is 1.36 bits per heavy atom. The number of pyridine rings is 1. The lowest BCUT2D eigenvalue weighted by atomic mass is 10.0. The van der Waals surface area contributed by atoms with Crippen LogP contribution in [-0.2, 0) is 4.79 Å². The topological polar surface area (TPSA) is 94.2 Å². The number of piperazine rings is 1. The van der Waals surface area contributed by atoms with Crippen molar-refractivity contribution in [3.63, 3.8) is 0 Å². The number of carbonyl (C=O) groups is 2. The summed E-state index contributed by atoms with van der Waals surface area (Å²) in [5, 5.41) is 11.0. The summed E-state index contributed by atoms with van der Waals surface area (Å²) in [5.41, 5.74) is 2.10. The largest absolute Gasteiger partial charge is 0.337 e. The van der Waals surface area contributed by atoms with Crippen LogP contribution < -0.4 is 5.32 Å². The van der Waals surface area contributed by atoms with Crippen LogP contribution in [0.2, 0.25) is 0 Å². The van der Waals surface area contributed by atoms with Gasteiger partial charge in [-0.2, -0.15) is 5.10 Å². The van der Waals surface area contributed by atoms with Crippen molar-refractivity contribution in [3.8, 4) is 0 Å². The molecule has 2 fully saturated rings. The minimum atomic E-state index is -0.0257. The van der Waals surface area contributed by atoms with Gasteiger partial charge in [0.1, 0.15) is 0 Å². The van der Waals surface area contributed by atoms with Crippen LogP contribution >= 0.6 is 0 Å². The van der Waals surface area contributed by atoms with E-state index < -0.39 is 0 Å². The van der Waals surface area contributed by atoms with E-state index in [1.54, 1.807) is 6.20 Å². The number of fused-ring (bicyclic) bond motifs is 1. The molecule has 1 unspecified atom stereocenters. The summed E-state index contributed by atoms with van der Waals surface area (Å²) in [6.07, 6.45) is 3.45. The van der Waals surface area contributed by atoms with Gasteiger partial charge in [0.25, 0.3) is 5.91 Å². The molecule has 4 heterocycles. The molecule has 1 atom stereocenters. The maximum absolute atomic E-state index is 12.9. The van der Waals surface area contributed by atoms with Crippen LogP contribution in [0.25, 0.3) is 11.0 Å². The first kappa shape index (κ1) is 16.0. The number of amides is 2. The van der Waals surface area contributed by atoms with Gasteiger partial charge in [0, 0.05) is 49.5 Å². The fraction of sp³-hybridized carbons (Fsp3) is 0.529. The Morgan fingerprint density at radius 2 is 2.24 bits per heavy atom. The van der Waals surface area contributed by atoms with Crippen LogP contribution in [-0.4, -0.2) is 75.6 Å². The average molecular weight is 342 g/mol. The monoisotopic (exact) mass is 342 g/mol. The lowest BCUT2D eigenvalue weighted by molar-refractivity contribution is -0.135. The molecule has 0 saturated carbocycles. The van der Waals surface area contributed by atoms with Crippen LogP contribution in [0.1, 0.15) is 28.9 Å². The predicted octanol–water partition coefficient (Wildman–Crippen LogP) is 0.303. The quantitative estimate of drug-likeness (QED) is 0.819. The zero-order chi connectivity index (χ0) is 17.4. The predicted molar refractivity (Wildman–Crippen MR) is 92.1 cm³/mol. The molecule has 0 bridgehead atoms. The number of hydrogen-bond acceptors (Lipinski definition) is 5. The van der Waals surface area contributed by atoms with E-state index in [4.69, 9.17) is 0 Å². The molecule has 25 heavy (non-hydrogen) atoms. The van der Waals surface area contributed by atoms with Gasteiger partial charge >= 0.3 is 0 Å². The Morgan fingerprint density at radius 3 is 3.08 bits per heavy atom. The molecule has 0 aromatic carbocycles. The number of hydrogen-bond donors (Lipinski definition) is 2. The van der Waals surface area contributed by atoms with E-state index in [9.17, 15) is 9.59 Å². The molecule has 8 heteroatoms. The Labute approximate surface area is 145 Å². The van der Waals surface area contributed by atoms with Gasteiger partial charge in [0.2, 0.25) is 5.91 Å². The van der Waals surface area contributed by atoms with Crippen LogP contribution in [0.3, 0.4) is 0 Å². The third kappa shape index (κ3) is 2.97. The third-order valence-corrected chi connectivity index (χ3v) is 5.10. The Kier molecular flexibility index (Phi) is 4.12. The van der Waals surface area contributed by atoms with Crippen molar-refractivity contribution in [2.75, 3.05) is 32.7 Å². The number of piperidine rings is 1. The van der Waals surface area contributed by atoms with Crippen molar-refractivity contribution in [2.45, 2.75) is 25.8 Å². The van der Waals surface area contributed by atoms with Crippen LogP contribution in [0.4, 0.5) is 0 Å². The van der Waals surface area contributed by atoms with Gasteiger partial charge in [-0.1, -0.05) is 0 Å². The van der Waals surface area contributed by atoms with Crippen molar-refractivity contribution >= 4 is 22.8 Å². The molecular weight excluding hydrogens is 320 g/mol. The lowest BCUT2D eigenvalue weighted by Crippen LogP contribution is -2.57. The van der Waals surface area contributed by atoms with E-state index in [-0.39, 0.29) is 17.9 Å². The van der Waals surface area contributed by atoms with Gasteiger partial charge in [-0.3, -0.25) is 14.7 Å². The first-order valence-electron chi connectivity index (χ1n) is 8.73. The van der Waals surface area contributed by atoms with E-state index in [0.717, 1.165) is 37.0 Å². The maximum Gasteiger partial charge on any atom is 0.255 e. The molecule has 2 N–H and O–H groups in total. The van der Waals surface area contributed by atoms with Crippen molar-refractivity contribution < 1.29 is 9.59 Å². The molecule has 2 aliphatic rings. The molecule has 2 aromatic heterocycles. The second-order valence-electron chi connectivity index (χ2n) is 6.75. The normalized spacial score (nSPS) is 21.8. The summed E-state index contributed by atoms with van der Waals surface area (Å²) in [7, 11) is 0. The maximum atomic E-state index is 12.9. The molecule has 2 amide bonds. The molecule has 2 aliphatic heterocycles. The Bertz CT molecular complexity index is 817. The molecule has 0 radical (unpaired) electrons. The number of nitrogens with one attached hydrogen (secondary N) is 2. The number of aromatic amines is 1. The lowest BCUT2D eigenvalue weighted by Gasteiger charge is -2.41. The molecule has 2 aromatic rings. The zero-order valence-corrected chi connectivity index (χ0v) is 14.3. The number of nitrogens with zero attached hydrogens (tertiary/aromatic N) is 4. The number of carbonyl (C=O) groups excluding carboxylic acids is 2. The van der Waals surface area contributed by atoms with Crippen molar-refractivity contribution in [1.82, 2.24) is 30.3 Å². The summed E-state index contributed by atoms with van der Waals surface area (Å²) < 4.78 is 0. The molecule has 0 spiro atoms. The molecule has 132 valence electrons. The first-order valence-corrected chi connectivity index (χ1v) is 8.73. The highest BCUT2D eigenvalue weighted by atomic mass is 16.2. The highest BCUT2D eigenvalue weighted by Gasteiger charge is 2.32. The summed E-state index contributed by atoms with van der Waals surface area (Å²) in [6, 6.07) is 1.96. The van der Waals surface area contributed by atoms with Gasteiger partial charge < -0.3 is 15.1 Å². The van der Waals surface area contributed by atoms with E-state index >= 15 is 0 Å². The van der Waals surface area contributed by atoms with E-state index in [1.165, 1.54) is 0 Å². The van der Waals surface area contributed by atoms with Crippen molar-refractivity contribution in [1.29, 1.82) is 0 Å². The Hall–Kier alpha value is -2.48. The standard InChI is InChI=1S/C17H22N6O2/c1-11-14-7-12(8-19-16(14)21-20-11)17(25)22-5-2-3-13(10-22)23-6-4-18-9-15(23)24/h7-8,13,18H,2-6,9-10H2,1H3,(H,19,20,21). The molecule has 8 nitrogen and oxygen atoms in total. The van der Waals surface area contributed by atoms with Gasteiger partial charge in [0.15, 0.2) is 5.65 Å². The SMILES string of the molecule is Cc1[nH]nc2ncc(C(=O)N3CCCC(N4CCNCC4=O)C3)cc12. The van der Waals surface area contributed by atoms with E-state index in [0.29, 0.717) is 30.8 Å². The number of aromatic nitrogens is 3. The fourth-order valence-corrected chi connectivity index (χ4v) is 3.72. The minimum Gasteiger partial charge on any atom is -0.337 e. The minimum absolute atomic E-state index is 0.0257. The van der Waals surface area contributed by atoms with Crippen LogP contribution in [0.15, 0.2) is 12.3 Å². The number of aryl methyl sites for hydroxylation is 1. The third-order valence-electron chi connectivity index (χ3n) is 5.10. The van der Waals surface area contributed by atoms with Crippen molar-refractivity contribution in [2.24, 2.45) is 0 Å². The fourth-order valence-electron chi connectivity index (χ4n) is 3.72. The Balaban J connectivity index is 1.52. The smallest absolute Gasteiger partial charge is 0.255 e. The summed E-state index contributed by atoms with van der Waals surface area (Å²) >= 11 is 0. The first-order chi connectivity index (χ1) is 12.1. The number of rotatable bonds is 2. The second kappa shape index (κ2) is 6.44. The second-order valence-corrected chi connectivity index (χ2v) is 6.75. The molecule has 2 saturated heterocycles. The van der Waals surface area contributed by atoms with Crippen molar-refractivity contribution in [3.05, 3.63) is 23.5 Å². The molecule has 0 aliphatic carbocycles. The van der Waals surface area contributed by atoms with Crippen LogP contribution in [0, 0.1) is 6.92 Å². The number of H-pyrrole nitrogens is 1. The van der Waals surface area contributed by atoms with Gasteiger partial charge in [-0.25, -0.2) is 4.98 Å². The van der Waals surface area contributed by atoms with Gasteiger partial charge in [0.05, 0.1) is 12.1 Å². The van der Waals surface area contributed by atoms with Crippen LogP contribution in [0.5, 0.6) is 0 Å². The summed E-state index contributed by atoms with van der Waals surface area (Å²) in [5.74, 6) is 0.102. The molecular formula is C17H22N6O2.